The number of imidazole rings is 1. The Balaban J connectivity index is 2.68. The van der Waals surface area contributed by atoms with Gasteiger partial charge in [-0.25, -0.2) is 9.78 Å². The molecule has 2 N–H and O–H groups in total. The summed E-state index contributed by atoms with van der Waals surface area (Å²) in [6.45, 7) is 1.68. The van der Waals surface area contributed by atoms with Crippen LogP contribution in [0.3, 0.4) is 0 Å². The Morgan fingerprint density at radius 3 is 2.85 bits per heavy atom. The summed E-state index contributed by atoms with van der Waals surface area (Å²) in [6, 6.07) is 6.78. The van der Waals surface area contributed by atoms with Crippen molar-refractivity contribution in [2.75, 3.05) is 12.8 Å². The summed E-state index contributed by atoms with van der Waals surface area (Å²) >= 11 is 6.12. The number of ether oxygens (including phenoxy) is 1. The van der Waals surface area contributed by atoms with Crippen LogP contribution in [0.2, 0.25) is 5.02 Å². The first-order valence-electron chi connectivity index (χ1n) is 5.62. The van der Waals surface area contributed by atoms with Gasteiger partial charge in [-0.15, -0.1) is 0 Å². The fraction of sp³-hybridized carbons (Fsp3) is 0.154. The van der Waals surface area contributed by atoms with Gasteiger partial charge in [-0.2, -0.15) is 5.26 Å². The Morgan fingerprint density at radius 2 is 2.25 bits per heavy atom. The minimum absolute atomic E-state index is 0.0171. The summed E-state index contributed by atoms with van der Waals surface area (Å²) in [6.07, 6.45) is 0. The van der Waals surface area contributed by atoms with Gasteiger partial charge < -0.3 is 10.5 Å². The molecule has 0 amide bonds. The largest absolute Gasteiger partial charge is 0.464 e. The van der Waals surface area contributed by atoms with E-state index in [1.807, 2.05) is 6.07 Å². The average molecular weight is 291 g/mol. The minimum Gasteiger partial charge on any atom is -0.464 e. The summed E-state index contributed by atoms with van der Waals surface area (Å²) in [5.41, 5.74) is 6.86. The number of aromatic nitrogens is 2. The highest BCUT2D eigenvalue weighted by Gasteiger charge is 2.21. The van der Waals surface area contributed by atoms with Crippen molar-refractivity contribution in [2.45, 2.75) is 6.92 Å². The molecule has 0 aliphatic rings. The van der Waals surface area contributed by atoms with Crippen LogP contribution in [-0.2, 0) is 4.74 Å². The quantitative estimate of drug-likeness (QED) is 0.855. The van der Waals surface area contributed by atoms with E-state index in [9.17, 15) is 4.79 Å². The second-order valence-corrected chi connectivity index (χ2v) is 4.41. The minimum atomic E-state index is -0.628. The van der Waals surface area contributed by atoms with E-state index in [0.29, 0.717) is 22.1 Å². The molecule has 1 aromatic heterocycles. The normalized spacial score (nSPS) is 10.1. The Bertz CT molecular complexity index is 731. The average Bonchev–Trinajstić information content (AvgIpc) is 2.74. The zero-order valence-electron chi connectivity index (χ0n) is 10.8. The standard InChI is InChI=1S/C13H11ClN4O2/c1-7-17-11(13(19)20-2)12(16)18(7)10-5-8(6-15)3-4-9(10)14/h3-5H,16H2,1-2H3. The number of aryl methyl sites for hydroxylation is 1. The first-order valence-corrected chi connectivity index (χ1v) is 6.00. The number of halogens is 1. The van der Waals surface area contributed by atoms with Gasteiger partial charge in [0.05, 0.1) is 29.5 Å². The van der Waals surface area contributed by atoms with Crippen LogP contribution in [-0.4, -0.2) is 22.6 Å². The van der Waals surface area contributed by atoms with Gasteiger partial charge in [-0.05, 0) is 25.1 Å². The van der Waals surface area contributed by atoms with E-state index in [4.69, 9.17) is 22.6 Å². The third kappa shape index (κ3) is 2.19. The maximum absolute atomic E-state index is 11.6. The van der Waals surface area contributed by atoms with E-state index >= 15 is 0 Å². The third-order valence-corrected chi connectivity index (χ3v) is 3.10. The fourth-order valence-corrected chi connectivity index (χ4v) is 2.06. The zero-order valence-corrected chi connectivity index (χ0v) is 11.6. The Morgan fingerprint density at radius 1 is 1.55 bits per heavy atom. The van der Waals surface area contributed by atoms with Gasteiger partial charge in [-0.1, -0.05) is 11.6 Å². The maximum Gasteiger partial charge on any atom is 0.360 e. The number of carbonyl (C=O) groups is 1. The first kappa shape index (κ1) is 13.9. The van der Waals surface area contributed by atoms with Crippen LogP contribution in [0.15, 0.2) is 18.2 Å². The second-order valence-electron chi connectivity index (χ2n) is 4.00. The van der Waals surface area contributed by atoms with Crippen molar-refractivity contribution in [1.29, 1.82) is 5.26 Å². The molecule has 1 heterocycles. The van der Waals surface area contributed by atoms with Crippen LogP contribution < -0.4 is 5.73 Å². The summed E-state index contributed by atoms with van der Waals surface area (Å²) in [7, 11) is 1.25. The van der Waals surface area contributed by atoms with Crippen molar-refractivity contribution >= 4 is 23.4 Å². The molecule has 2 rings (SSSR count). The predicted molar refractivity (Wildman–Crippen MR) is 73.8 cm³/mol. The zero-order chi connectivity index (χ0) is 14.9. The molecule has 6 nitrogen and oxygen atoms in total. The number of anilines is 1. The van der Waals surface area contributed by atoms with Gasteiger partial charge in [0.1, 0.15) is 11.6 Å². The van der Waals surface area contributed by atoms with E-state index in [2.05, 4.69) is 9.72 Å². The van der Waals surface area contributed by atoms with Gasteiger partial charge in [0.15, 0.2) is 5.69 Å². The van der Waals surface area contributed by atoms with E-state index in [-0.39, 0.29) is 11.5 Å². The molecule has 1 aromatic carbocycles. The molecule has 0 atom stereocenters. The third-order valence-electron chi connectivity index (χ3n) is 2.78. The lowest BCUT2D eigenvalue weighted by Gasteiger charge is -2.10. The first-order chi connectivity index (χ1) is 9.49. The van der Waals surface area contributed by atoms with Crippen LogP contribution in [0.1, 0.15) is 21.9 Å². The number of nitrogens with two attached hydrogens (primary N) is 1. The highest BCUT2D eigenvalue weighted by molar-refractivity contribution is 6.32. The van der Waals surface area contributed by atoms with Crippen molar-refractivity contribution < 1.29 is 9.53 Å². The van der Waals surface area contributed by atoms with Crippen molar-refractivity contribution in [3.8, 4) is 11.8 Å². The van der Waals surface area contributed by atoms with Gasteiger partial charge >= 0.3 is 5.97 Å². The molecule has 0 saturated heterocycles. The molecule has 7 heteroatoms. The lowest BCUT2D eigenvalue weighted by Crippen LogP contribution is -2.08. The van der Waals surface area contributed by atoms with Crippen LogP contribution in [0.5, 0.6) is 0 Å². The molecule has 0 unspecified atom stereocenters. The van der Waals surface area contributed by atoms with Crippen molar-refractivity contribution in [2.24, 2.45) is 0 Å². The molecule has 0 bridgehead atoms. The number of methoxy groups -OCH3 is 1. The topological polar surface area (TPSA) is 93.9 Å². The predicted octanol–water partition coefficient (Wildman–Crippen LogP) is 2.07. The summed E-state index contributed by atoms with van der Waals surface area (Å²) in [5.74, 6) is -0.0388. The molecule has 0 spiro atoms. The number of nitrogens with zero attached hydrogens (tertiary/aromatic N) is 3. The molecule has 20 heavy (non-hydrogen) atoms. The second kappa shape index (κ2) is 5.23. The van der Waals surface area contributed by atoms with Gasteiger partial charge in [0.25, 0.3) is 0 Å². The molecule has 0 aliphatic heterocycles. The lowest BCUT2D eigenvalue weighted by atomic mass is 10.2. The highest BCUT2D eigenvalue weighted by atomic mass is 35.5. The lowest BCUT2D eigenvalue weighted by molar-refractivity contribution is 0.0596. The smallest absolute Gasteiger partial charge is 0.360 e. The fourth-order valence-electron chi connectivity index (χ4n) is 1.85. The van der Waals surface area contributed by atoms with Crippen LogP contribution in [0, 0.1) is 18.3 Å². The number of esters is 1. The number of nitriles is 1. The summed E-state index contributed by atoms with van der Waals surface area (Å²) < 4.78 is 6.13. The van der Waals surface area contributed by atoms with Crippen LogP contribution in [0.25, 0.3) is 5.69 Å². The maximum atomic E-state index is 11.6. The van der Waals surface area contributed by atoms with Gasteiger partial charge in [-0.3, -0.25) is 4.57 Å². The number of nitrogen functional groups attached to an aromatic ring is 1. The molecule has 0 saturated carbocycles. The number of carbonyl (C=O) groups excluding carboxylic acids is 1. The van der Waals surface area contributed by atoms with Crippen molar-refractivity contribution in [3.63, 3.8) is 0 Å². The molecule has 0 fully saturated rings. The van der Waals surface area contributed by atoms with E-state index in [1.165, 1.54) is 11.7 Å². The highest BCUT2D eigenvalue weighted by Crippen LogP contribution is 2.27. The van der Waals surface area contributed by atoms with Crippen LogP contribution in [0.4, 0.5) is 5.82 Å². The SMILES string of the molecule is COC(=O)c1nc(C)n(-c2cc(C#N)ccc2Cl)c1N. The van der Waals surface area contributed by atoms with Crippen molar-refractivity contribution in [3.05, 3.63) is 40.3 Å². The Labute approximate surface area is 120 Å². The molecular weight excluding hydrogens is 280 g/mol. The molecule has 0 aliphatic carbocycles. The van der Waals surface area contributed by atoms with E-state index < -0.39 is 5.97 Å². The number of hydrogen-bond acceptors (Lipinski definition) is 5. The Kier molecular flexibility index (Phi) is 3.63. The molecular formula is C13H11ClN4O2. The number of rotatable bonds is 2. The number of benzene rings is 1. The number of hydrogen-bond donors (Lipinski definition) is 1. The van der Waals surface area contributed by atoms with E-state index in [1.54, 1.807) is 25.1 Å². The summed E-state index contributed by atoms with van der Waals surface area (Å²) in [4.78, 5) is 15.7. The van der Waals surface area contributed by atoms with Gasteiger partial charge in [0, 0.05) is 0 Å². The van der Waals surface area contributed by atoms with Gasteiger partial charge in [0.2, 0.25) is 0 Å². The molecule has 0 radical (unpaired) electrons. The molecule has 2 aromatic rings. The van der Waals surface area contributed by atoms with Crippen molar-refractivity contribution in [1.82, 2.24) is 9.55 Å². The monoisotopic (exact) mass is 290 g/mol. The van der Waals surface area contributed by atoms with Crippen LogP contribution >= 0.6 is 11.6 Å². The Hall–Kier alpha value is -2.52. The van der Waals surface area contributed by atoms with E-state index in [0.717, 1.165) is 0 Å². The molecule has 102 valence electrons. The summed E-state index contributed by atoms with van der Waals surface area (Å²) in [5, 5.41) is 9.34.